The maximum atomic E-state index is 13.9. The average molecular weight is 317 g/mol. The number of piperidine rings is 1. The Bertz CT molecular complexity index is 708. The molecule has 0 spiro atoms. The first-order valence-electron chi connectivity index (χ1n) is 7.37. The van der Waals surface area contributed by atoms with Gasteiger partial charge in [0.1, 0.15) is 17.5 Å². The number of rotatable bonds is 4. The van der Waals surface area contributed by atoms with E-state index in [1.54, 1.807) is 23.1 Å². The number of esters is 1. The zero-order valence-electron chi connectivity index (χ0n) is 12.4. The highest BCUT2D eigenvalue weighted by atomic mass is 19.1. The monoisotopic (exact) mass is 317 g/mol. The van der Waals surface area contributed by atoms with Crippen LogP contribution in [0.25, 0.3) is 11.3 Å². The molecule has 7 heteroatoms. The molecule has 3 rings (SSSR count). The predicted octanol–water partition coefficient (Wildman–Crippen LogP) is 1.99. The standard InChI is InChI=1S/C16H16FN3O3/c17-14-4-2-1-3-12(14)15-13(9-18-19-15)16(22)23-11-5-7-20(10-21)8-6-11/h1-4,9-11H,5-8H2,(H,18,19). The fraction of sp³-hybridized carbons (Fsp3) is 0.312. The van der Waals surface area contributed by atoms with Crippen LogP contribution in [0.4, 0.5) is 4.39 Å². The summed E-state index contributed by atoms with van der Waals surface area (Å²) in [5, 5.41) is 6.48. The van der Waals surface area contributed by atoms with E-state index in [2.05, 4.69) is 10.2 Å². The van der Waals surface area contributed by atoms with E-state index >= 15 is 0 Å². The average Bonchev–Trinajstić information content (AvgIpc) is 3.05. The highest BCUT2D eigenvalue weighted by Crippen LogP contribution is 2.25. The number of aromatic nitrogens is 2. The Morgan fingerprint density at radius 3 is 2.78 bits per heavy atom. The minimum absolute atomic E-state index is 0.202. The van der Waals surface area contributed by atoms with Crippen LogP contribution in [0.3, 0.4) is 0 Å². The van der Waals surface area contributed by atoms with E-state index in [4.69, 9.17) is 4.74 Å². The van der Waals surface area contributed by atoms with Gasteiger partial charge in [0.05, 0.1) is 11.9 Å². The van der Waals surface area contributed by atoms with Gasteiger partial charge in [0.25, 0.3) is 0 Å². The van der Waals surface area contributed by atoms with Crippen molar-refractivity contribution in [2.45, 2.75) is 18.9 Å². The van der Waals surface area contributed by atoms with Gasteiger partial charge in [-0.05, 0) is 12.1 Å². The van der Waals surface area contributed by atoms with Gasteiger partial charge in [-0.15, -0.1) is 0 Å². The summed E-state index contributed by atoms with van der Waals surface area (Å²) in [7, 11) is 0. The van der Waals surface area contributed by atoms with Crippen LogP contribution in [-0.2, 0) is 9.53 Å². The Hall–Kier alpha value is -2.70. The number of halogens is 1. The second-order valence-corrected chi connectivity index (χ2v) is 5.38. The SMILES string of the molecule is O=CN1CCC(OC(=O)c2cn[nH]c2-c2ccccc2F)CC1. The van der Waals surface area contributed by atoms with E-state index in [-0.39, 0.29) is 17.2 Å². The Morgan fingerprint density at radius 2 is 2.09 bits per heavy atom. The summed E-state index contributed by atoms with van der Waals surface area (Å²) < 4.78 is 19.4. The van der Waals surface area contributed by atoms with Crippen molar-refractivity contribution in [3.05, 3.63) is 41.8 Å². The summed E-state index contributed by atoms with van der Waals surface area (Å²) in [6.45, 7) is 1.13. The zero-order valence-corrected chi connectivity index (χ0v) is 12.4. The minimum Gasteiger partial charge on any atom is -0.459 e. The lowest BCUT2D eigenvalue weighted by molar-refractivity contribution is -0.120. The van der Waals surface area contributed by atoms with Crippen molar-refractivity contribution in [1.29, 1.82) is 0 Å². The van der Waals surface area contributed by atoms with E-state index in [0.29, 0.717) is 31.6 Å². The zero-order chi connectivity index (χ0) is 16.2. The topological polar surface area (TPSA) is 75.3 Å². The number of nitrogens with one attached hydrogen (secondary N) is 1. The first-order valence-corrected chi connectivity index (χ1v) is 7.37. The maximum absolute atomic E-state index is 13.9. The Balaban J connectivity index is 1.73. The molecule has 0 radical (unpaired) electrons. The van der Waals surface area contributed by atoms with Gasteiger partial charge in [-0.3, -0.25) is 9.89 Å². The van der Waals surface area contributed by atoms with E-state index < -0.39 is 11.8 Å². The van der Waals surface area contributed by atoms with Gasteiger partial charge in [0, 0.05) is 31.5 Å². The van der Waals surface area contributed by atoms with E-state index in [1.165, 1.54) is 12.3 Å². The summed E-state index contributed by atoms with van der Waals surface area (Å²) in [6, 6.07) is 6.15. The molecule has 2 heterocycles. The van der Waals surface area contributed by atoms with E-state index in [1.807, 2.05) is 0 Å². The van der Waals surface area contributed by atoms with Crippen LogP contribution >= 0.6 is 0 Å². The van der Waals surface area contributed by atoms with Crippen molar-refractivity contribution in [3.8, 4) is 11.3 Å². The van der Waals surface area contributed by atoms with Crippen LogP contribution in [-0.4, -0.2) is 46.7 Å². The molecule has 0 unspecified atom stereocenters. The summed E-state index contributed by atoms with van der Waals surface area (Å²) >= 11 is 0. The molecular weight excluding hydrogens is 301 g/mol. The molecule has 1 aliphatic heterocycles. The van der Waals surface area contributed by atoms with Crippen molar-refractivity contribution in [2.75, 3.05) is 13.1 Å². The minimum atomic E-state index is -0.540. The van der Waals surface area contributed by atoms with Gasteiger partial charge in [0.15, 0.2) is 0 Å². The molecule has 0 saturated carbocycles. The molecule has 1 N–H and O–H groups in total. The van der Waals surface area contributed by atoms with Crippen molar-refractivity contribution in [3.63, 3.8) is 0 Å². The second-order valence-electron chi connectivity index (χ2n) is 5.38. The van der Waals surface area contributed by atoms with Gasteiger partial charge in [0.2, 0.25) is 6.41 Å². The lowest BCUT2D eigenvalue weighted by atomic mass is 10.1. The summed E-state index contributed by atoms with van der Waals surface area (Å²) in [5.74, 6) is -0.980. The number of hydrogen-bond acceptors (Lipinski definition) is 4. The number of carbonyl (C=O) groups is 2. The summed E-state index contributed by atoms with van der Waals surface area (Å²) in [5.41, 5.74) is 0.777. The van der Waals surface area contributed by atoms with Crippen LogP contribution in [0.1, 0.15) is 23.2 Å². The maximum Gasteiger partial charge on any atom is 0.342 e. The number of amides is 1. The molecular formula is C16H16FN3O3. The molecule has 0 aliphatic carbocycles. The van der Waals surface area contributed by atoms with Crippen LogP contribution in [0.15, 0.2) is 30.5 Å². The van der Waals surface area contributed by atoms with E-state index in [9.17, 15) is 14.0 Å². The van der Waals surface area contributed by atoms with Crippen LogP contribution in [0.2, 0.25) is 0 Å². The largest absolute Gasteiger partial charge is 0.459 e. The number of ether oxygens (including phenoxy) is 1. The second kappa shape index (κ2) is 6.60. The summed E-state index contributed by atoms with van der Waals surface area (Å²) in [6.07, 6.45) is 3.08. The third kappa shape index (κ3) is 3.23. The lowest BCUT2D eigenvalue weighted by Gasteiger charge is -2.28. The quantitative estimate of drug-likeness (QED) is 0.691. The first-order chi connectivity index (χ1) is 11.2. The Morgan fingerprint density at radius 1 is 1.35 bits per heavy atom. The van der Waals surface area contributed by atoms with Crippen molar-refractivity contribution in [2.24, 2.45) is 0 Å². The third-order valence-electron chi connectivity index (χ3n) is 3.90. The Kier molecular flexibility index (Phi) is 4.36. The van der Waals surface area contributed by atoms with Crippen LogP contribution < -0.4 is 0 Å². The third-order valence-corrected chi connectivity index (χ3v) is 3.90. The molecule has 1 aliphatic rings. The number of nitrogens with zero attached hydrogens (tertiary/aromatic N) is 2. The van der Waals surface area contributed by atoms with Crippen molar-refractivity contribution in [1.82, 2.24) is 15.1 Å². The number of aromatic amines is 1. The number of carbonyl (C=O) groups excluding carboxylic acids is 2. The number of hydrogen-bond donors (Lipinski definition) is 1. The molecule has 0 bridgehead atoms. The molecule has 2 aromatic rings. The molecule has 0 atom stereocenters. The molecule has 6 nitrogen and oxygen atoms in total. The number of benzene rings is 1. The smallest absolute Gasteiger partial charge is 0.342 e. The molecule has 1 fully saturated rings. The molecule has 1 saturated heterocycles. The molecule has 1 aromatic heterocycles. The van der Waals surface area contributed by atoms with E-state index in [0.717, 1.165) is 6.41 Å². The van der Waals surface area contributed by atoms with Gasteiger partial charge in [-0.2, -0.15) is 5.10 Å². The Labute approximate surface area is 132 Å². The van der Waals surface area contributed by atoms with Crippen molar-refractivity contribution >= 4 is 12.4 Å². The fourth-order valence-corrected chi connectivity index (χ4v) is 2.62. The molecule has 1 amide bonds. The van der Waals surface area contributed by atoms with Crippen LogP contribution in [0.5, 0.6) is 0 Å². The first kappa shape index (κ1) is 15.2. The van der Waals surface area contributed by atoms with Crippen LogP contribution in [0, 0.1) is 5.82 Å². The lowest BCUT2D eigenvalue weighted by Crippen LogP contribution is -2.36. The molecule has 1 aromatic carbocycles. The number of H-pyrrole nitrogens is 1. The van der Waals surface area contributed by atoms with Gasteiger partial charge >= 0.3 is 5.97 Å². The fourth-order valence-electron chi connectivity index (χ4n) is 2.62. The predicted molar refractivity (Wildman–Crippen MR) is 80.1 cm³/mol. The van der Waals surface area contributed by atoms with Gasteiger partial charge < -0.3 is 9.64 Å². The molecule has 120 valence electrons. The number of likely N-dealkylation sites (tertiary alicyclic amines) is 1. The van der Waals surface area contributed by atoms with Crippen molar-refractivity contribution < 1.29 is 18.7 Å². The molecule has 23 heavy (non-hydrogen) atoms. The normalized spacial score (nSPS) is 15.4. The highest BCUT2D eigenvalue weighted by Gasteiger charge is 2.25. The summed E-state index contributed by atoms with van der Waals surface area (Å²) in [4.78, 5) is 24.7. The van der Waals surface area contributed by atoms with Gasteiger partial charge in [-0.25, -0.2) is 9.18 Å². The highest BCUT2D eigenvalue weighted by molar-refractivity contribution is 5.96. The van der Waals surface area contributed by atoms with Gasteiger partial charge in [-0.1, -0.05) is 12.1 Å².